The molecule has 0 heterocycles. The zero-order valence-corrected chi connectivity index (χ0v) is 13.6. The van der Waals surface area contributed by atoms with Crippen molar-refractivity contribution < 1.29 is 14.3 Å². The van der Waals surface area contributed by atoms with Crippen molar-refractivity contribution >= 4 is 17.5 Å². The number of hydrogen-bond acceptors (Lipinski definition) is 4. The highest BCUT2D eigenvalue weighted by Gasteiger charge is 2.08. The van der Waals surface area contributed by atoms with Gasteiger partial charge in [-0.25, -0.2) is 0 Å². The maximum atomic E-state index is 12.0. The molecule has 3 N–H and O–H groups in total. The molecule has 2 aromatic carbocycles. The second kappa shape index (κ2) is 8.69. The lowest BCUT2D eigenvalue weighted by atomic mass is 10.2. The van der Waals surface area contributed by atoms with Gasteiger partial charge >= 0.3 is 0 Å². The van der Waals surface area contributed by atoms with Gasteiger partial charge in [-0.3, -0.25) is 14.5 Å². The molecule has 0 saturated carbocycles. The van der Waals surface area contributed by atoms with Crippen LogP contribution in [0.15, 0.2) is 54.6 Å². The average molecular weight is 327 g/mol. The topological polar surface area (TPSA) is 84.7 Å². The number of carbonyl (C=O) groups excluding carboxylic acids is 2. The number of nitrogens with zero attached hydrogens (tertiary/aromatic N) is 1. The normalized spacial score (nSPS) is 10.4. The van der Waals surface area contributed by atoms with Crippen LogP contribution in [0.5, 0.6) is 5.75 Å². The van der Waals surface area contributed by atoms with Gasteiger partial charge in [0.1, 0.15) is 12.4 Å². The fraction of sp³-hybridized carbons (Fsp3) is 0.222. The highest BCUT2D eigenvalue weighted by molar-refractivity contribution is 5.95. The number of nitrogens with one attached hydrogen (secondary N) is 1. The largest absolute Gasteiger partial charge is 0.492 e. The van der Waals surface area contributed by atoms with Crippen molar-refractivity contribution in [2.45, 2.75) is 0 Å². The van der Waals surface area contributed by atoms with Gasteiger partial charge in [0.15, 0.2) is 0 Å². The van der Waals surface area contributed by atoms with Crippen LogP contribution in [-0.2, 0) is 4.79 Å². The van der Waals surface area contributed by atoms with E-state index in [4.69, 9.17) is 10.5 Å². The molecule has 0 aliphatic rings. The summed E-state index contributed by atoms with van der Waals surface area (Å²) < 4.78 is 5.59. The molecule has 0 aliphatic carbocycles. The number of benzene rings is 2. The van der Waals surface area contributed by atoms with Gasteiger partial charge in [-0.2, -0.15) is 0 Å². The van der Waals surface area contributed by atoms with E-state index in [1.54, 1.807) is 24.3 Å². The van der Waals surface area contributed by atoms with Gasteiger partial charge < -0.3 is 15.8 Å². The van der Waals surface area contributed by atoms with Gasteiger partial charge in [0, 0.05) is 17.8 Å². The Balaban J connectivity index is 1.72. The smallest absolute Gasteiger partial charge is 0.248 e. The molecule has 0 fully saturated rings. The highest BCUT2D eigenvalue weighted by Crippen LogP contribution is 2.09. The number of primary amides is 1. The number of carbonyl (C=O) groups is 2. The summed E-state index contributed by atoms with van der Waals surface area (Å²) in [5.74, 6) is 0.181. The maximum Gasteiger partial charge on any atom is 0.248 e. The quantitative estimate of drug-likeness (QED) is 0.773. The van der Waals surface area contributed by atoms with Gasteiger partial charge in [0.2, 0.25) is 11.8 Å². The molecule has 2 amide bonds. The first kappa shape index (κ1) is 17.5. The number of rotatable bonds is 8. The second-order valence-electron chi connectivity index (χ2n) is 5.39. The summed E-state index contributed by atoms with van der Waals surface area (Å²) in [5, 5.41) is 2.77. The lowest BCUT2D eigenvalue weighted by Gasteiger charge is -2.16. The van der Waals surface area contributed by atoms with Crippen LogP contribution in [0.4, 0.5) is 5.69 Å². The molecule has 126 valence electrons. The van der Waals surface area contributed by atoms with Crippen molar-refractivity contribution in [2.75, 3.05) is 32.1 Å². The molecule has 0 saturated heterocycles. The molecule has 24 heavy (non-hydrogen) atoms. The highest BCUT2D eigenvalue weighted by atomic mass is 16.5. The summed E-state index contributed by atoms with van der Waals surface area (Å²) in [5.41, 5.74) is 6.20. The monoisotopic (exact) mass is 327 g/mol. The molecule has 0 aliphatic heterocycles. The summed E-state index contributed by atoms with van der Waals surface area (Å²) >= 11 is 0. The van der Waals surface area contributed by atoms with E-state index in [1.807, 2.05) is 42.3 Å². The minimum absolute atomic E-state index is 0.135. The lowest BCUT2D eigenvalue weighted by molar-refractivity contribution is -0.117. The fourth-order valence-corrected chi connectivity index (χ4v) is 2.08. The van der Waals surface area contributed by atoms with Crippen molar-refractivity contribution in [3.63, 3.8) is 0 Å². The first-order valence-electron chi connectivity index (χ1n) is 7.60. The van der Waals surface area contributed by atoms with E-state index in [0.717, 1.165) is 5.75 Å². The predicted octanol–water partition coefficient (Wildman–Crippen LogP) is 1.73. The van der Waals surface area contributed by atoms with E-state index >= 15 is 0 Å². The summed E-state index contributed by atoms with van der Waals surface area (Å²) in [7, 11) is 1.85. The molecule has 0 aromatic heterocycles. The standard InChI is InChI=1S/C18H21N3O3/c1-21(11-12-24-16-5-3-2-4-6-16)13-17(22)20-15-9-7-14(8-10-15)18(19)23/h2-10H,11-13H2,1H3,(H2,19,23)(H,20,22). The number of ether oxygens (including phenoxy) is 1. The molecule has 0 atom stereocenters. The van der Waals surface area contributed by atoms with Gasteiger partial charge in [0.25, 0.3) is 0 Å². The number of para-hydroxylation sites is 1. The van der Waals surface area contributed by atoms with E-state index in [-0.39, 0.29) is 12.5 Å². The Labute approximate surface area is 141 Å². The number of likely N-dealkylation sites (N-methyl/N-ethyl adjacent to an activating group) is 1. The van der Waals surface area contributed by atoms with Crippen molar-refractivity contribution in [2.24, 2.45) is 5.73 Å². The van der Waals surface area contributed by atoms with Crippen LogP contribution in [0.3, 0.4) is 0 Å². The van der Waals surface area contributed by atoms with Crippen LogP contribution in [0, 0.1) is 0 Å². The van der Waals surface area contributed by atoms with Crippen LogP contribution >= 0.6 is 0 Å². The third-order valence-corrected chi connectivity index (χ3v) is 3.35. The number of anilines is 1. The van der Waals surface area contributed by atoms with Crippen LogP contribution in [0.25, 0.3) is 0 Å². The Kier molecular flexibility index (Phi) is 6.33. The Morgan fingerprint density at radius 3 is 2.38 bits per heavy atom. The van der Waals surface area contributed by atoms with Crippen LogP contribution in [0.2, 0.25) is 0 Å². The lowest BCUT2D eigenvalue weighted by Crippen LogP contribution is -2.33. The maximum absolute atomic E-state index is 12.0. The summed E-state index contributed by atoms with van der Waals surface area (Å²) in [6, 6.07) is 16.0. The molecule has 6 nitrogen and oxygen atoms in total. The third-order valence-electron chi connectivity index (χ3n) is 3.35. The Morgan fingerprint density at radius 2 is 1.75 bits per heavy atom. The van der Waals surface area contributed by atoms with Gasteiger partial charge in [-0.1, -0.05) is 18.2 Å². The molecule has 0 spiro atoms. The minimum Gasteiger partial charge on any atom is -0.492 e. The third kappa shape index (κ3) is 5.73. The van der Waals surface area contributed by atoms with E-state index in [9.17, 15) is 9.59 Å². The molecular weight excluding hydrogens is 306 g/mol. The molecular formula is C18H21N3O3. The Morgan fingerprint density at radius 1 is 1.08 bits per heavy atom. The van der Waals surface area contributed by atoms with Crippen molar-refractivity contribution in [3.05, 3.63) is 60.2 Å². The average Bonchev–Trinajstić information content (AvgIpc) is 2.56. The zero-order chi connectivity index (χ0) is 17.4. The Bertz CT molecular complexity index is 672. The van der Waals surface area contributed by atoms with Crippen LogP contribution in [0.1, 0.15) is 10.4 Å². The molecule has 6 heteroatoms. The summed E-state index contributed by atoms with van der Waals surface area (Å²) in [6.07, 6.45) is 0. The predicted molar refractivity (Wildman–Crippen MR) is 93.0 cm³/mol. The molecule has 2 rings (SSSR count). The minimum atomic E-state index is -0.494. The number of nitrogens with two attached hydrogens (primary N) is 1. The first-order chi connectivity index (χ1) is 11.5. The SMILES string of the molecule is CN(CCOc1ccccc1)CC(=O)Nc1ccc(C(N)=O)cc1. The van der Waals surface area contributed by atoms with Crippen molar-refractivity contribution in [1.29, 1.82) is 0 Å². The fourth-order valence-electron chi connectivity index (χ4n) is 2.08. The molecule has 0 bridgehead atoms. The van der Waals surface area contributed by atoms with Crippen molar-refractivity contribution in [1.82, 2.24) is 4.90 Å². The Hall–Kier alpha value is -2.86. The van der Waals surface area contributed by atoms with E-state index < -0.39 is 5.91 Å². The van der Waals surface area contributed by atoms with Crippen LogP contribution in [-0.4, -0.2) is 43.5 Å². The summed E-state index contributed by atoms with van der Waals surface area (Å²) in [4.78, 5) is 24.9. The number of amides is 2. The molecule has 0 unspecified atom stereocenters. The number of hydrogen-bond donors (Lipinski definition) is 2. The van der Waals surface area contributed by atoms with E-state index in [1.165, 1.54) is 0 Å². The van der Waals surface area contributed by atoms with E-state index in [0.29, 0.717) is 24.4 Å². The van der Waals surface area contributed by atoms with Crippen molar-refractivity contribution in [3.8, 4) is 5.75 Å². The summed E-state index contributed by atoms with van der Waals surface area (Å²) in [6.45, 7) is 1.37. The van der Waals surface area contributed by atoms with Gasteiger partial charge in [-0.05, 0) is 43.4 Å². The van der Waals surface area contributed by atoms with Gasteiger partial charge in [0.05, 0.1) is 6.54 Å². The second-order valence-corrected chi connectivity index (χ2v) is 5.39. The zero-order valence-electron chi connectivity index (χ0n) is 13.6. The van der Waals surface area contributed by atoms with Gasteiger partial charge in [-0.15, -0.1) is 0 Å². The first-order valence-corrected chi connectivity index (χ1v) is 7.60. The molecule has 2 aromatic rings. The molecule has 0 radical (unpaired) electrons. The van der Waals surface area contributed by atoms with E-state index in [2.05, 4.69) is 5.32 Å². The van der Waals surface area contributed by atoms with Crippen LogP contribution < -0.4 is 15.8 Å².